The van der Waals surface area contributed by atoms with Gasteiger partial charge < -0.3 is 14.6 Å². The number of morpholine rings is 1. The van der Waals surface area contributed by atoms with E-state index in [0.29, 0.717) is 6.61 Å². The van der Waals surface area contributed by atoms with Gasteiger partial charge in [-0.1, -0.05) is 22.9 Å². The average Bonchev–Trinajstić information content (AvgIpc) is 2.46. The van der Waals surface area contributed by atoms with Gasteiger partial charge in [0.15, 0.2) is 0 Å². The van der Waals surface area contributed by atoms with E-state index in [0.717, 1.165) is 42.0 Å². The number of aliphatic hydroxyl groups excluding tert-OH is 1. The van der Waals surface area contributed by atoms with Gasteiger partial charge in [-0.05, 0) is 31.7 Å². The third-order valence-corrected chi connectivity index (χ3v) is 4.01. The third-order valence-electron chi connectivity index (χ3n) is 3.52. The molecule has 0 spiro atoms. The highest BCUT2D eigenvalue weighted by Crippen LogP contribution is 2.28. The van der Waals surface area contributed by atoms with Crippen molar-refractivity contribution in [2.24, 2.45) is 0 Å². The molecule has 2 rings (SSSR count). The van der Waals surface area contributed by atoms with Crippen LogP contribution in [-0.2, 0) is 4.74 Å². The largest absolute Gasteiger partial charge is 0.490 e. The molecule has 112 valence electrons. The topological polar surface area (TPSA) is 41.9 Å². The molecule has 1 fully saturated rings. The summed E-state index contributed by atoms with van der Waals surface area (Å²) >= 11 is 3.41. The summed E-state index contributed by atoms with van der Waals surface area (Å²) in [6.07, 6.45) is -0.462. The molecule has 1 aliphatic rings. The summed E-state index contributed by atoms with van der Waals surface area (Å²) in [7, 11) is 0. The SMILES string of the molecule is CCN1CCOC(COc2ccc(Br)cc2[C@H](C)O)C1. The molecule has 0 aliphatic carbocycles. The lowest BCUT2D eigenvalue weighted by Gasteiger charge is -2.32. The summed E-state index contributed by atoms with van der Waals surface area (Å²) in [6, 6.07) is 5.69. The quantitative estimate of drug-likeness (QED) is 0.892. The number of hydrogen-bond acceptors (Lipinski definition) is 4. The van der Waals surface area contributed by atoms with Crippen LogP contribution in [-0.4, -0.2) is 49.0 Å². The van der Waals surface area contributed by atoms with Crippen LogP contribution < -0.4 is 4.74 Å². The average molecular weight is 344 g/mol. The molecule has 1 aromatic carbocycles. The Balaban J connectivity index is 1.96. The minimum Gasteiger partial charge on any atom is -0.490 e. The molecule has 1 N–H and O–H groups in total. The van der Waals surface area contributed by atoms with Gasteiger partial charge in [0.05, 0.1) is 12.7 Å². The molecular weight excluding hydrogens is 322 g/mol. The summed E-state index contributed by atoms with van der Waals surface area (Å²) in [5, 5.41) is 9.81. The molecule has 1 aromatic rings. The van der Waals surface area contributed by atoms with E-state index in [1.54, 1.807) is 6.92 Å². The van der Waals surface area contributed by atoms with E-state index in [2.05, 4.69) is 27.8 Å². The maximum absolute atomic E-state index is 9.81. The molecule has 1 aliphatic heterocycles. The van der Waals surface area contributed by atoms with E-state index >= 15 is 0 Å². The first-order valence-corrected chi connectivity index (χ1v) is 7.83. The van der Waals surface area contributed by atoms with Crippen LogP contribution in [0.4, 0.5) is 0 Å². The van der Waals surface area contributed by atoms with Crippen molar-refractivity contribution in [1.82, 2.24) is 4.90 Å². The number of aliphatic hydroxyl groups is 1. The third kappa shape index (κ3) is 4.19. The van der Waals surface area contributed by atoms with Gasteiger partial charge in [-0.3, -0.25) is 4.90 Å². The Hall–Kier alpha value is -0.620. The second-order valence-electron chi connectivity index (χ2n) is 5.06. The van der Waals surface area contributed by atoms with Crippen LogP contribution in [0.2, 0.25) is 0 Å². The molecule has 0 bridgehead atoms. The molecule has 2 atom stereocenters. The summed E-state index contributed by atoms with van der Waals surface area (Å²) in [4.78, 5) is 2.36. The van der Waals surface area contributed by atoms with Gasteiger partial charge in [0.1, 0.15) is 18.5 Å². The highest BCUT2D eigenvalue weighted by Gasteiger charge is 2.20. The van der Waals surface area contributed by atoms with Crippen molar-refractivity contribution in [2.75, 3.05) is 32.8 Å². The van der Waals surface area contributed by atoms with Crippen molar-refractivity contribution in [1.29, 1.82) is 0 Å². The zero-order valence-corrected chi connectivity index (χ0v) is 13.6. The van der Waals surface area contributed by atoms with Crippen LogP contribution in [0, 0.1) is 0 Å². The predicted molar refractivity (Wildman–Crippen MR) is 82.1 cm³/mol. The van der Waals surface area contributed by atoms with Gasteiger partial charge in [-0.15, -0.1) is 0 Å². The number of rotatable bonds is 5. The lowest BCUT2D eigenvalue weighted by Crippen LogP contribution is -2.44. The van der Waals surface area contributed by atoms with Gasteiger partial charge in [0.2, 0.25) is 0 Å². The fraction of sp³-hybridized carbons (Fsp3) is 0.600. The Morgan fingerprint density at radius 2 is 2.35 bits per heavy atom. The fourth-order valence-electron chi connectivity index (χ4n) is 2.33. The smallest absolute Gasteiger partial charge is 0.125 e. The van der Waals surface area contributed by atoms with Crippen LogP contribution in [0.1, 0.15) is 25.5 Å². The molecule has 0 amide bonds. The lowest BCUT2D eigenvalue weighted by atomic mass is 10.1. The van der Waals surface area contributed by atoms with E-state index in [1.165, 1.54) is 0 Å². The number of likely N-dealkylation sites (N-methyl/N-ethyl adjacent to an activating group) is 1. The predicted octanol–water partition coefficient (Wildman–Crippen LogP) is 2.60. The first-order valence-electron chi connectivity index (χ1n) is 7.04. The zero-order chi connectivity index (χ0) is 14.5. The van der Waals surface area contributed by atoms with E-state index < -0.39 is 6.10 Å². The van der Waals surface area contributed by atoms with Crippen LogP contribution in [0.25, 0.3) is 0 Å². The normalized spacial score (nSPS) is 21.7. The van der Waals surface area contributed by atoms with Crippen LogP contribution in [0.15, 0.2) is 22.7 Å². The van der Waals surface area contributed by atoms with E-state index in [-0.39, 0.29) is 6.10 Å². The molecule has 5 heteroatoms. The highest BCUT2D eigenvalue weighted by atomic mass is 79.9. The van der Waals surface area contributed by atoms with E-state index in [1.807, 2.05) is 18.2 Å². The first-order chi connectivity index (χ1) is 9.60. The van der Waals surface area contributed by atoms with Gasteiger partial charge in [0, 0.05) is 23.1 Å². The summed E-state index contributed by atoms with van der Waals surface area (Å²) in [6.45, 7) is 8.09. The number of hydrogen-bond donors (Lipinski definition) is 1. The van der Waals surface area contributed by atoms with Gasteiger partial charge in [-0.2, -0.15) is 0 Å². The van der Waals surface area contributed by atoms with Crippen molar-refractivity contribution in [3.63, 3.8) is 0 Å². The Morgan fingerprint density at radius 3 is 3.05 bits per heavy atom. The molecule has 0 radical (unpaired) electrons. The minimum atomic E-state index is -0.554. The zero-order valence-electron chi connectivity index (χ0n) is 12.0. The Bertz CT molecular complexity index is 439. The summed E-state index contributed by atoms with van der Waals surface area (Å²) in [5.41, 5.74) is 0.794. The molecule has 1 heterocycles. The molecule has 4 nitrogen and oxygen atoms in total. The summed E-state index contributed by atoms with van der Waals surface area (Å²) in [5.74, 6) is 0.723. The Morgan fingerprint density at radius 1 is 1.55 bits per heavy atom. The van der Waals surface area contributed by atoms with Crippen molar-refractivity contribution in [3.05, 3.63) is 28.2 Å². The van der Waals surface area contributed by atoms with Crippen molar-refractivity contribution >= 4 is 15.9 Å². The molecule has 1 unspecified atom stereocenters. The number of benzene rings is 1. The van der Waals surface area contributed by atoms with Crippen molar-refractivity contribution < 1.29 is 14.6 Å². The van der Waals surface area contributed by atoms with Gasteiger partial charge in [0.25, 0.3) is 0 Å². The number of halogens is 1. The van der Waals surface area contributed by atoms with Crippen molar-refractivity contribution in [2.45, 2.75) is 26.1 Å². The minimum absolute atomic E-state index is 0.0918. The first kappa shape index (κ1) is 15.8. The van der Waals surface area contributed by atoms with E-state index in [9.17, 15) is 5.11 Å². The van der Waals surface area contributed by atoms with E-state index in [4.69, 9.17) is 9.47 Å². The van der Waals surface area contributed by atoms with Gasteiger partial charge in [-0.25, -0.2) is 0 Å². The highest BCUT2D eigenvalue weighted by molar-refractivity contribution is 9.10. The molecular formula is C15H22BrNO3. The molecule has 20 heavy (non-hydrogen) atoms. The maximum Gasteiger partial charge on any atom is 0.125 e. The van der Waals surface area contributed by atoms with Crippen LogP contribution in [0.3, 0.4) is 0 Å². The van der Waals surface area contributed by atoms with Crippen LogP contribution >= 0.6 is 15.9 Å². The van der Waals surface area contributed by atoms with Crippen LogP contribution in [0.5, 0.6) is 5.75 Å². The Labute approximate surface area is 128 Å². The molecule has 0 saturated carbocycles. The standard InChI is InChI=1S/C15H22BrNO3/c1-3-17-6-7-19-13(9-17)10-20-15-5-4-12(16)8-14(15)11(2)18/h4-5,8,11,13,18H,3,6-7,9-10H2,1-2H3/t11-,13?/m0/s1. The number of nitrogens with zero attached hydrogens (tertiary/aromatic N) is 1. The maximum atomic E-state index is 9.81. The fourth-order valence-corrected chi connectivity index (χ4v) is 2.71. The molecule has 1 saturated heterocycles. The lowest BCUT2D eigenvalue weighted by molar-refractivity contribution is -0.0467. The van der Waals surface area contributed by atoms with Gasteiger partial charge >= 0.3 is 0 Å². The second-order valence-corrected chi connectivity index (χ2v) is 5.97. The van der Waals surface area contributed by atoms with Crippen molar-refractivity contribution in [3.8, 4) is 5.75 Å². The monoisotopic (exact) mass is 343 g/mol. The Kier molecular flexibility index (Phi) is 5.84. The molecule has 0 aromatic heterocycles. The second kappa shape index (κ2) is 7.41. The summed E-state index contributed by atoms with van der Waals surface area (Å²) < 4.78 is 12.5. The number of ether oxygens (including phenoxy) is 2.